The number of hydrogen-bond donors (Lipinski definition) is 1. The maximum absolute atomic E-state index is 12.0. The molecular weight excluding hydrogens is 232 g/mol. The van der Waals surface area contributed by atoms with Gasteiger partial charge in [0, 0.05) is 18.6 Å². The Bertz CT molecular complexity index is 759. The Kier molecular flexibility index (Phi) is 2.30. The third kappa shape index (κ3) is 1.71. The van der Waals surface area contributed by atoms with Crippen LogP contribution in [0.1, 0.15) is 5.56 Å². The van der Waals surface area contributed by atoms with Gasteiger partial charge >= 0.3 is 5.69 Å². The third-order valence-corrected chi connectivity index (χ3v) is 2.57. The number of fused-ring (bicyclic) bond motifs is 1. The minimum absolute atomic E-state index is 0.206. The summed E-state index contributed by atoms with van der Waals surface area (Å²) in [6.45, 7) is 0.354. The molecule has 0 aliphatic carbocycles. The van der Waals surface area contributed by atoms with E-state index >= 15 is 0 Å². The summed E-state index contributed by atoms with van der Waals surface area (Å²) in [4.78, 5) is 19.8. The first-order chi connectivity index (χ1) is 8.74. The lowest BCUT2D eigenvalue weighted by molar-refractivity contribution is 0.658. The van der Waals surface area contributed by atoms with E-state index in [4.69, 9.17) is 5.73 Å². The Hall–Kier alpha value is -2.70. The van der Waals surface area contributed by atoms with Crippen molar-refractivity contribution in [1.82, 2.24) is 24.1 Å². The van der Waals surface area contributed by atoms with E-state index in [1.54, 1.807) is 36.9 Å². The molecule has 3 heterocycles. The highest BCUT2D eigenvalue weighted by molar-refractivity contribution is 5.33. The number of anilines is 1. The summed E-state index contributed by atoms with van der Waals surface area (Å²) in [5.74, 6) is 0.422. The fourth-order valence-electron chi connectivity index (χ4n) is 1.75. The molecule has 7 nitrogen and oxygen atoms in total. The normalized spacial score (nSPS) is 10.9. The van der Waals surface area contributed by atoms with Gasteiger partial charge in [-0.3, -0.25) is 4.98 Å². The second-order valence-corrected chi connectivity index (χ2v) is 3.83. The molecule has 0 fully saturated rings. The predicted octanol–water partition coefficient (Wildman–Crippen LogP) is -0.0835. The molecule has 3 aromatic heterocycles. The van der Waals surface area contributed by atoms with Gasteiger partial charge in [0.1, 0.15) is 5.82 Å². The van der Waals surface area contributed by atoms with Crippen LogP contribution < -0.4 is 11.4 Å². The Morgan fingerprint density at radius 2 is 2.22 bits per heavy atom. The van der Waals surface area contributed by atoms with Gasteiger partial charge in [-0.1, -0.05) is 0 Å². The van der Waals surface area contributed by atoms with Crippen LogP contribution in [0.4, 0.5) is 5.82 Å². The van der Waals surface area contributed by atoms with Gasteiger partial charge < -0.3 is 5.73 Å². The van der Waals surface area contributed by atoms with Crippen molar-refractivity contribution in [1.29, 1.82) is 0 Å². The predicted molar refractivity (Wildman–Crippen MR) is 65.0 cm³/mol. The molecule has 0 saturated carbocycles. The zero-order valence-electron chi connectivity index (χ0n) is 9.39. The zero-order valence-corrected chi connectivity index (χ0v) is 9.39. The van der Waals surface area contributed by atoms with Crippen molar-refractivity contribution >= 4 is 11.5 Å². The number of aromatic nitrogens is 5. The van der Waals surface area contributed by atoms with E-state index in [0.717, 1.165) is 5.56 Å². The summed E-state index contributed by atoms with van der Waals surface area (Å²) in [5.41, 5.74) is 6.78. The molecule has 0 aliphatic heterocycles. The number of rotatable bonds is 2. The molecule has 18 heavy (non-hydrogen) atoms. The van der Waals surface area contributed by atoms with Crippen LogP contribution in [-0.2, 0) is 6.54 Å². The van der Waals surface area contributed by atoms with Crippen LogP contribution in [0.3, 0.4) is 0 Å². The molecular formula is C11H10N6O. The van der Waals surface area contributed by atoms with E-state index in [1.165, 1.54) is 9.08 Å². The first-order valence-corrected chi connectivity index (χ1v) is 5.33. The van der Waals surface area contributed by atoms with Gasteiger partial charge in [-0.25, -0.2) is 18.9 Å². The Morgan fingerprint density at radius 1 is 1.33 bits per heavy atom. The van der Waals surface area contributed by atoms with Gasteiger partial charge in [0.05, 0.1) is 12.7 Å². The lowest BCUT2D eigenvalue weighted by Gasteiger charge is -2.00. The molecule has 90 valence electrons. The van der Waals surface area contributed by atoms with Crippen molar-refractivity contribution in [2.75, 3.05) is 5.73 Å². The monoisotopic (exact) mass is 242 g/mol. The molecule has 2 N–H and O–H groups in total. The van der Waals surface area contributed by atoms with E-state index in [9.17, 15) is 4.79 Å². The van der Waals surface area contributed by atoms with E-state index in [-0.39, 0.29) is 5.69 Å². The van der Waals surface area contributed by atoms with Crippen LogP contribution in [0.2, 0.25) is 0 Å². The summed E-state index contributed by atoms with van der Waals surface area (Å²) in [7, 11) is 0. The van der Waals surface area contributed by atoms with Gasteiger partial charge in [0.25, 0.3) is 0 Å². The zero-order chi connectivity index (χ0) is 12.5. The minimum Gasteiger partial charge on any atom is -0.384 e. The molecule has 0 atom stereocenters. The number of nitrogens with zero attached hydrogens (tertiary/aromatic N) is 5. The molecule has 0 spiro atoms. The number of hydrogen-bond acceptors (Lipinski definition) is 5. The van der Waals surface area contributed by atoms with Crippen molar-refractivity contribution in [3.05, 3.63) is 53.0 Å². The maximum atomic E-state index is 12.0. The standard InChI is InChI=1S/C11H10N6O/c12-9-5-8(1-2-14-9)7-17-11(18)16-4-3-13-6-10(16)15-17/h1-6H,7H2,(H2,12,14). The number of pyridine rings is 1. The molecule has 0 aliphatic rings. The van der Waals surface area contributed by atoms with Gasteiger partial charge in [-0.05, 0) is 17.7 Å². The van der Waals surface area contributed by atoms with Crippen LogP contribution in [0.5, 0.6) is 0 Å². The average molecular weight is 242 g/mol. The molecule has 0 amide bonds. The minimum atomic E-state index is -0.206. The van der Waals surface area contributed by atoms with E-state index in [2.05, 4.69) is 15.1 Å². The Labute approximate surface area is 102 Å². The van der Waals surface area contributed by atoms with Crippen molar-refractivity contribution in [2.24, 2.45) is 0 Å². The second kappa shape index (κ2) is 3.95. The van der Waals surface area contributed by atoms with E-state index in [1.807, 2.05) is 0 Å². The molecule has 0 saturated heterocycles. The largest absolute Gasteiger partial charge is 0.384 e. The van der Waals surface area contributed by atoms with Crippen LogP contribution in [-0.4, -0.2) is 24.1 Å². The Balaban J connectivity index is 2.05. The van der Waals surface area contributed by atoms with E-state index in [0.29, 0.717) is 18.0 Å². The quantitative estimate of drug-likeness (QED) is 0.678. The van der Waals surface area contributed by atoms with Gasteiger partial charge in [0.2, 0.25) is 0 Å². The van der Waals surface area contributed by atoms with Crippen molar-refractivity contribution in [3.63, 3.8) is 0 Å². The van der Waals surface area contributed by atoms with Crippen molar-refractivity contribution in [3.8, 4) is 0 Å². The third-order valence-electron chi connectivity index (χ3n) is 2.57. The summed E-state index contributed by atoms with van der Waals surface area (Å²) >= 11 is 0. The fourth-order valence-corrected chi connectivity index (χ4v) is 1.75. The van der Waals surface area contributed by atoms with Gasteiger partial charge in [-0.15, -0.1) is 5.10 Å². The van der Waals surface area contributed by atoms with Crippen molar-refractivity contribution in [2.45, 2.75) is 6.54 Å². The highest BCUT2D eigenvalue weighted by Gasteiger charge is 2.06. The molecule has 3 rings (SSSR count). The van der Waals surface area contributed by atoms with Gasteiger partial charge in [-0.2, -0.15) is 0 Å². The summed E-state index contributed by atoms with van der Waals surface area (Å²) in [5, 5.41) is 4.18. The van der Waals surface area contributed by atoms with Gasteiger partial charge in [0.15, 0.2) is 5.65 Å². The lowest BCUT2D eigenvalue weighted by atomic mass is 10.2. The lowest BCUT2D eigenvalue weighted by Crippen LogP contribution is -2.21. The molecule has 0 bridgehead atoms. The molecule has 7 heteroatoms. The summed E-state index contributed by atoms with van der Waals surface area (Å²) in [6, 6.07) is 3.51. The first kappa shape index (κ1) is 10.5. The number of nitrogen functional groups attached to an aromatic ring is 1. The smallest absolute Gasteiger partial charge is 0.350 e. The topological polar surface area (TPSA) is 91.1 Å². The number of nitrogens with two attached hydrogens (primary N) is 1. The molecule has 0 radical (unpaired) electrons. The Morgan fingerprint density at radius 3 is 3.00 bits per heavy atom. The SMILES string of the molecule is Nc1cc(Cn2nc3cnccn3c2=O)ccn1. The maximum Gasteiger partial charge on any atom is 0.350 e. The molecule has 3 aromatic rings. The van der Waals surface area contributed by atoms with Crippen LogP contribution in [0.25, 0.3) is 5.65 Å². The van der Waals surface area contributed by atoms with Crippen LogP contribution in [0.15, 0.2) is 41.7 Å². The average Bonchev–Trinajstić information content (AvgIpc) is 2.67. The van der Waals surface area contributed by atoms with Crippen molar-refractivity contribution < 1.29 is 0 Å². The summed E-state index contributed by atoms with van der Waals surface area (Å²) < 4.78 is 2.81. The van der Waals surface area contributed by atoms with Crippen LogP contribution >= 0.6 is 0 Å². The highest BCUT2D eigenvalue weighted by Crippen LogP contribution is 2.04. The second-order valence-electron chi connectivity index (χ2n) is 3.83. The summed E-state index contributed by atoms with van der Waals surface area (Å²) in [6.07, 6.45) is 6.28. The van der Waals surface area contributed by atoms with Crippen LogP contribution in [0, 0.1) is 0 Å². The first-order valence-electron chi connectivity index (χ1n) is 5.33. The fraction of sp³-hybridized carbons (Fsp3) is 0.0909. The highest BCUT2D eigenvalue weighted by atomic mass is 16.2. The van der Waals surface area contributed by atoms with E-state index < -0.39 is 0 Å². The molecule has 0 aromatic carbocycles. The molecule has 0 unspecified atom stereocenters.